The van der Waals surface area contributed by atoms with Gasteiger partial charge in [0.25, 0.3) is 5.56 Å². The summed E-state index contributed by atoms with van der Waals surface area (Å²) in [6.45, 7) is 2.88. The predicted octanol–water partition coefficient (Wildman–Crippen LogP) is 3.61. The second kappa shape index (κ2) is 6.34. The standard InChI is InChI=1S/C16H14N2O3S3/c1-2-18-14(19)12-9(10-4-3-7-22-10)8-23-13(12)17-16(18)24-11-5-6-21-15(11)20/h3-4,7-8,11H,2,5-6H2,1H3/t11-/m1/s1. The molecular weight excluding hydrogens is 364 g/mol. The SMILES string of the molecule is CCn1c(S[C@@H]2CCOC2=O)nc2scc(-c3cccs3)c2c1=O. The van der Waals surface area contributed by atoms with Gasteiger partial charge in [0.15, 0.2) is 5.16 Å². The topological polar surface area (TPSA) is 61.2 Å². The number of thiophene rings is 2. The molecule has 0 aromatic carbocycles. The molecule has 0 amide bonds. The van der Waals surface area contributed by atoms with Crippen LogP contribution in [0.5, 0.6) is 0 Å². The smallest absolute Gasteiger partial charge is 0.319 e. The zero-order valence-corrected chi connectivity index (χ0v) is 15.3. The summed E-state index contributed by atoms with van der Waals surface area (Å²) in [6, 6.07) is 3.99. The van der Waals surface area contributed by atoms with Crippen molar-refractivity contribution in [2.45, 2.75) is 30.3 Å². The van der Waals surface area contributed by atoms with E-state index in [1.165, 1.54) is 23.1 Å². The van der Waals surface area contributed by atoms with Gasteiger partial charge in [-0.05, 0) is 18.4 Å². The van der Waals surface area contributed by atoms with Gasteiger partial charge < -0.3 is 4.74 Å². The highest BCUT2D eigenvalue weighted by atomic mass is 32.2. The molecule has 1 aliphatic rings. The summed E-state index contributed by atoms with van der Waals surface area (Å²) >= 11 is 4.42. The summed E-state index contributed by atoms with van der Waals surface area (Å²) in [7, 11) is 0. The lowest BCUT2D eigenvalue weighted by Crippen LogP contribution is -2.23. The highest BCUT2D eigenvalue weighted by Gasteiger charge is 2.29. The number of nitrogens with zero attached hydrogens (tertiary/aromatic N) is 2. The van der Waals surface area contributed by atoms with Crippen LogP contribution in [0.25, 0.3) is 20.7 Å². The lowest BCUT2D eigenvalue weighted by atomic mass is 10.2. The van der Waals surface area contributed by atoms with Crippen LogP contribution in [-0.2, 0) is 16.1 Å². The Labute approximate surface area is 150 Å². The first-order chi connectivity index (χ1) is 11.7. The van der Waals surface area contributed by atoms with Crippen molar-refractivity contribution in [1.82, 2.24) is 9.55 Å². The third-order valence-electron chi connectivity index (χ3n) is 3.90. The summed E-state index contributed by atoms with van der Waals surface area (Å²) in [5, 5.41) is 4.98. The summed E-state index contributed by atoms with van der Waals surface area (Å²) in [4.78, 5) is 31.2. The second-order valence-corrected chi connectivity index (χ2v) is 8.29. The van der Waals surface area contributed by atoms with Crippen molar-refractivity contribution in [3.8, 4) is 10.4 Å². The lowest BCUT2D eigenvalue weighted by molar-refractivity contribution is -0.137. The molecule has 1 saturated heterocycles. The molecule has 0 N–H and O–H groups in total. The number of rotatable bonds is 4. The van der Waals surface area contributed by atoms with Gasteiger partial charge in [0.2, 0.25) is 0 Å². The molecule has 0 aliphatic carbocycles. The minimum absolute atomic E-state index is 0.0407. The maximum Gasteiger partial charge on any atom is 0.319 e. The van der Waals surface area contributed by atoms with E-state index in [4.69, 9.17) is 4.74 Å². The Morgan fingerprint density at radius 3 is 2.96 bits per heavy atom. The molecule has 0 unspecified atom stereocenters. The van der Waals surface area contributed by atoms with E-state index in [1.807, 2.05) is 29.8 Å². The summed E-state index contributed by atoms with van der Waals surface area (Å²) in [5.41, 5.74) is 0.905. The van der Waals surface area contributed by atoms with Gasteiger partial charge in [0.1, 0.15) is 10.1 Å². The number of aromatic nitrogens is 2. The summed E-state index contributed by atoms with van der Waals surface area (Å²) in [5.74, 6) is -0.220. The number of esters is 1. The van der Waals surface area contributed by atoms with Gasteiger partial charge in [-0.2, -0.15) is 0 Å². The molecule has 124 valence electrons. The van der Waals surface area contributed by atoms with E-state index in [0.717, 1.165) is 15.3 Å². The Morgan fingerprint density at radius 2 is 2.29 bits per heavy atom. The zero-order chi connectivity index (χ0) is 16.7. The predicted molar refractivity (Wildman–Crippen MR) is 98.1 cm³/mol. The average molecular weight is 379 g/mol. The molecule has 1 aliphatic heterocycles. The van der Waals surface area contributed by atoms with Gasteiger partial charge in [0, 0.05) is 28.8 Å². The van der Waals surface area contributed by atoms with E-state index in [0.29, 0.717) is 30.1 Å². The number of hydrogen-bond donors (Lipinski definition) is 0. The first-order valence-corrected chi connectivity index (χ1v) is 10.2. The number of hydrogen-bond acceptors (Lipinski definition) is 7. The van der Waals surface area contributed by atoms with Crippen LogP contribution >= 0.6 is 34.4 Å². The number of ether oxygens (including phenoxy) is 1. The first-order valence-electron chi connectivity index (χ1n) is 7.58. The van der Waals surface area contributed by atoms with Crippen LogP contribution in [0.2, 0.25) is 0 Å². The molecule has 0 radical (unpaired) electrons. The number of carbonyl (C=O) groups excluding carboxylic acids is 1. The van der Waals surface area contributed by atoms with E-state index in [-0.39, 0.29) is 16.8 Å². The van der Waals surface area contributed by atoms with E-state index < -0.39 is 0 Å². The first kappa shape index (κ1) is 15.9. The van der Waals surface area contributed by atoms with Gasteiger partial charge in [-0.1, -0.05) is 17.8 Å². The summed E-state index contributed by atoms with van der Waals surface area (Å²) in [6.07, 6.45) is 0.659. The third-order valence-corrected chi connectivity index (χ3v) is 6.91. The lowest BCUT2D eigenvalue weighted by Gasteiger charge is -2.11. The van der Waals surface area contributed by atoms with Crippen LogP contribution in [0.3, 0.4) is 0 Å². The Kier molecular flexibility index (Phi) is 4.19. The monoisotopic (exact) mass is 378 g/mol. The molecule has 0 saturated carbocycles. The largest absolute Gasteiger partial charge is 0.465 e. The molecule has 3 aromatic rings. The number of thioether (sulfide) groups is 1. The molecule has 1 fully saturated rings. The Bertz CT molecular complexity index is 959. The molecular formula is C16H14N2O3S3. The zero-order valence-electron chi connectivity index (χ0n) is 12.9. The van der Waals surface area contributed by atoms with Crippen LogP contribution in [0, 0.1) is 0 Å². The molecule has 0 bridgehead atoms. The second-order valence-electron chi connectivity index (χ2n) is 5.31. The number of cyclic esters (lactones) is 1. The van der Waals surface area contributed by atoms with E-state index in [1.54, 1.807) is 15.9 Å². The molecule has 8 heteroatoms. The fourth-order valence-electron chi connectivity index (χ4n) is 2.70. The Morgan fingerprint density at radius 1 is 1.42 bits per heavy atom. The van der Waals surface area contributed by atoms with Crippen LogP contribution in [0.1, 0.15) is 13.3 Å². The summed E-state index contributed by atoms with van der Waals surface area (Å²) < 4.78 is 6.67. The molecule has 24 heavy (non-hydrogen) atoms. The molecule has 0 spiro atoms. The van der Waals surface area contributed by atoms with Crippen molar-refractivity contribution in [1.29, 1.82) is 0 Å². The fourth-order valence-corrected chi connectivity index (χ4v) is 5.63. The van der Waals surface area contributed by atoms with Crippen LogP contribution < -0.4 is 5.56 Å². The maximum absolute atomic E-state index is 13.0. The van der Waals surface area contributed by atoms with Crippen LogP contribution in [-0.4, -0.2) is 27.4 Å². The highest BCUT2D eigenvalue weighted by Crippen LogP contribution is 2.35. The average Bonchev–Trinajstić information content (AvgIpc) is 3.29. The van der Waals surface area contributed by atoms with Crippen molar-refractivity contribution in [2.24, 2.45) is 0 Å². The minimum Gasteiger partial charge on any atom is -0.465 e. The maximum atomic E-state index is 13.0. The minimum atomic E-state index is -0.274. The Hall–Kier alpha value is -1.64. The molecule has 3 aromatic heterocycles. The van der Waals surface area contributed by atoms with Gasteiger partial charge in [-0.25, -0.2) is 4.98 Å². The highest BCUT2D eigenvalue weighted by molar-refractivity contribution is 8.00. The van der Waals surface area contributed by atoms with Gasteiger partial charge in [0.05, 0.1) is 12.0 Å². The van der Waals surface area contributed by atoms with Crippen molar-refractivity contribution in [3.63, 3.8) is 0 Å². The van der Waals surface area contributed by atoms with Crippen molar-refractivity contribution in [2.75, 3.05) is 6.61 Å². The van der Waals surface area contributed by atoms with E-state index in [9.17, 15) is 9.59 Å². The number of fused-ring (bicyclic) bond motifs is 1. The van der Waals surface area contributed by atoms with Crippen LogP contribution in [0.4, 0.5) is 0 Å². The fraction of sp³-hybridized carbons (Fsp3) is 0.312. The molecule has 5 nitrogen and oxygen atoms in total. The van der Waals surface area contributed by atoms with Crippen LogP contribution in [0.15, 0.2) is 32.8 Å². The molecule has 4 heterocycles. The number of carbonyl (C=O) groups is 1. The van der Waals surface area contributed by atoms with Crippen molar-refractivity contribution >= 4 is 50.6 Å². The van der Waals surface area contributed by atoms with E-state index >= 15 is 0 Å². The normalized spacial score (nSPS) is 17.5. The van der Waals surface area contributed by atoms with Gasteiger partial charge in [-0.3, -0.25) is 14.2 Å². The molecule has 4 rings (SSSR count). The quantitative estimate of drug-likeness (QED) is 0.513. The third kappa shape index (κ3) is 2.58. The van der Waals surface area contributed by atoms with Gasteiger partial charge >= 0.3 is 5.97 Å². The van der Waals surface area contributed by atoms with Gasteiger partial charge in [-0.15, -0.1) is 22.7 Å². The van der Waals surface area contributed by atoms with Crippen molar-refractivity contribution < 1.29 is 9.53 Å². The molecule has 1 atom stereocenters. The van der Waals surface area contributed by atoms with E-state index in [2.05, 4.69) is 4.98 Å². The van der Waals surface area contributed by atoms with Crippen molar-refractivity contribution in [3.05, 3.63) is 33.2 Å². The Balaban J connectivity index is 1.85.